The summed E-state index contributed by atoms with van der Waals surface area (Å²) < 4.78 is 0. The Morgan fingerprint density at radius 2 is 1.40 bits per heavy atom. The van der Waals surface area contributed by atoms with E-state index in [4.69, 9.17) is 9.97 Å². The third-order valence-electron chi connectivity index (χ3n) is 6.97. The van der Waals surface area contributed by atoms with Crippen molar-refractivity contribution in [2.45, 2.75) is 44.2 Å². The normalized spacial score (nSPS) is 17.9. The molecule has 0 unspecified atom stereocenters. The molecule has 1 aliphatic rings. The minimum atomic E-state index is 0.426. The number of nitrogens with zero attached hydrogens (tertiary/aromatic N) is 3. The van der Waals surface area contributed by atoms with Crippen LogP contribution in [-0.2, 0) is 6.42 Å². The van der Waals surface area contributed by atoms with E-state index in [0.29, 0.717) is 12.1 Å². The molecule has 1 saturated carbocycles. The lowest BCUT2D eigenvalue weighted by Crippen LogP contribution is -2.38. The lowest BCUT2D eigenvalue weighted by Gasteiger charge is -2.30. The number of anilines is 2. The van der Waals surface area contributed by atoms with E-state index in [9.17, 15) is 0 Å². The minimum absolute atomic E-state index is 0.426. The molecular formula is C30H35N5. The zero-order valence-electron chi connectivity index (χ0n) is 20.7. The molecule has 0 bridgehead atoms. The van der Waals surface area contributed by atoms with Crippen LogP contribution in [0.2, 0.25) is 0 Å². The summed E-state index contributed by atoms with van der Waals surface area (Å²) in [4.78, 5) is 11.6. The van der Waals surface area contributed by atoms with E-state index in [1.165, 1.54) is 29.5 Å². The van der Waals surface area contributed by atoms with Gasteiger partial charge in [-0.05, 0) is 67.5 Å². The van der Waals surface area contributed by atoms with Gasteiger partial charge in [-0.3, -0.25) is 0 Å². The molecule has 0 amide bonds. The summed E-state index contributed by atoms with van der Waals surface area (Å²) in [5.41, 5.74) is 4.93. The Labute approximate surface area is 208 Å². The molecule has 35 heavy (non-hydrogen) atoms. The van der Waals surface area contributed by atoms with E-state index >= 15 is 0 Å². The van der Waals surface area contributed by atoms with E-state index in [1.54, 1.807) is 0 Å². The fourth-order valence-electron chi connectivity index (χ4n) is 5.00. The molecule has 1 heterocycles. The van der Waals surface area contributed by atoms with Crippen LogP contribution in [0.3, 0.4) is 0 Å². The van der Waals surface area contributed by atoms with Crippen molar-refractivity contribution in [3.05, 3.63) is 84.4 Å². The van der Waals surface area contributed by atoms with E-state index in [2.05, 4.69) is 82.3 Å². The van der Waals surface area contributed by atoms with Crippen molar-refractivity contribution in [3.63, 3.8) is 0 Å². The van der Waals surface area contributed by atoms with Crippen LogP contribution in [0.15, 0.2) is 78.9 Å². The third-order valence-corrected chi connectivity index (χ3v) is 6.97. The van der Waals surface area contributed by atoms with Crippen molar-refractivity contribution in [2.24, 2.45) is 0 Å². The fraction of sp³-hybridized carbons (Fsp3) is 0.333. The molecule has 0 saturated heterocycles. The molecule has 3 aromatic carbocycles. The second kappa shape index (κ2) is 10.9. The van der Waals surface area contributed by atoms with Crippen LogP contribution in [0.4, 0.5) is 11.8 Å². The van der Waals surface area contributed by atoms with E-state index in [0.717, 1.165) is 48.5 Å². The number of hydrogen-bond acceptors (Lipinski definition) is 5. The average Bonchev–Trinajstić information content (AvgIpc) is 2.90. The first-order valence-corrected chi connectivity index (χ1v) is 12.7. The van der Waals surface area contributed by atoms with Crippen LogP contribution in [0, 0.1) is 0 Å². The highest BCUT2D eigenvalue weighted by molar-refractivity contribution is 5.90. The van der Waals surface area contributed by atoms with Crippen LogP contribution in [-0.4, -0.2) is 42.7 Å². The molecular weight excluding hydrogens is 430 g/mol. The number of aromatic nitrogens is 2. The van der Waals surface area contributed by atoms with Gasteiger partial charge in [-0.2, -0.15) is 4.98 Å². The topological polar surface area (TPSA) is 53.1 Å². The summed E-state index contributed by atoms with van der Waals surface area (Å²) in [5.74, 6) is 1.70. The second-order valence-electron chi connectivity index (χ2n) is 9.74. The molecule has 1 aliphatic carbocycles. The predicted molar refractivity (Wildman–Crippen MR) is 147 cm³/mol. The maximum Gasteiger partial charge on any atom is 0.225 e. The largest absolute Gasteiger partial charge is 0.362 e. The molecule has 0 atom stereocenters. The standard InChI is InChI=1S/C30H35N5/c1-35(2)29-27-10-6-7-11-28(27)33-30(34-29)32-26-18-16-25(17-19-26)31-21-20-22-12-14-24(15-13-22)23-8-4-3-5-9-23/h3-15,25-26,31H,16-21H2,1-2H3,(H,32,33,34). The zero-order valence-corrected chi connectivity index (χ0v) is 20.7. The Hall–Kier alpha value is -3.44. The van der Waals surface area contributed by atoms with Gasteiger partial charge in [0.15, 0.2) is 0 Å². The summed E-state index contributed by atoms with van der Waals surface area (Å²) in [5, 5.41) is 8.48. The first-order valence-electron chi connectivity index (χ1n) is 12.7. The third kappa shape index (κ3) is 5.80. The van der Waals surface area contributed by atoms with Crippen LogP contribution in [0.5, 0.6) is 0 Å². The first kappa shape index (κ1) is 23.3. The monoisotopic (exact) mass is 465 g/mol. The minimum Gasteiger partial charge on any atom is -0.362 e. The van der Waals surface area contributed by atoms with Crippen molar-refractivity contribution < 1.29 is 0 Å². The number of rotatable bonds is 8. The number of nitrogens with one attached hydrogen (secondary N) is 2. The molecule has 1 fully saturated rings. The molecule has 180 valence electrons. The fourth-order valence-corrected chi connectivity index (χ4v) is 5.00. The Morgan fingerprint density at radius 3 is 2.14 bits per heavy atom. The zero-order chi connectivity index (χ0) is 24.0. The quantitative estimate of drug-likeness (QED) is 0.338. The van der Waals surface area contributed by atoms with Crippen LogP contribution >= 0.6 is 0 Å². The van der Waals surface area contributed by atoms with Crippen LogP contribution < -0.4 is 15.5 Å². The maximum absolute atomic E-state index is 4.81. The number of hydrogen-bond donors (Lipinski definition) is 2. The highest BCUT2D eigenvalue weighted by atomic mass is 15.2. The highest BCUT2D eigenvalue weighted by Gasteiger charge is 2.22. The Bertz CT molecular complexity index is 1230. The highest BCUT2D eigenvalue weighted by Crippen LogP contribution is 2.26. The summed E-state index contributed by atoms with van der Waals surface area (Å²) in [6, 6.07) is 28.8. The van der Waals surface area contributed by atoms with Crippen LogP contribution in [0.25, 0.3) is 22.0 Å². The van der Waals surface area contributed by atoms with Gasteiger partial charge < -0.3 is 15.5 Å². The number of para-hydroxylation sites is 1. The first-order chi connectivity index (χ1) is 17.2. The predicted octanol–water partition coefficient (Wildman–Crippen LogP) is 5.92. The average molecular weight is 466 g/mol. The Morgan fingerprint density at radius 1 is 0.743 bits per heavy atom. The van der Waals surface area contributed by atoms with Gasteiger partial charge in [0.05, 0.1) is 5.52 Å². The summed E-state index contributed by atoms with van der Waals surface area (Å²) in [6.07, 6.45) is 5.69. The van der Waals surface area contributed by atoms with Crippen molar-refractivity contribution >= 4 is 22.7 Å². The van der Waals surface area contributed by atoms with E-state index in [-0.39, 0.29) is 0 Å². The molecule has 5 rings (SSSR count). The summed E-state index contributed by atoms with van der Waals surface area (Å²) >= 11 is 0. The lowest BCUT2D eigenvalue weighted by molar-refractivity contribution is 0.355. The van der Waals surface area contributed by atoms with Gasteiger partial charge in [0.1, 0.15) is 5.82 Å². The van der Waals surface area contributed by atoms with Gasteiger partial charge in [-0.25, -0.2) is 4.98 Å². The van der Waals surface area contributed by atoms with Gasteiger partial charge in [0.25, 0.3) is 0 Å². The Kier molecular flexibility index (Phi) is 7.24. The molecule has 4 aromatic rings. The molecule has 0 radical (unpaired) electrons. The van der Waals surface area contributed by atoms with Crippen molar-refractivity contribution in [1.82, 2.24) is 15.3 Å². The van der Waals surface area contributed by atoms with E-state index in [1.807, 2.05) is 26.2 Å². The summed E-state index contributed by atoms with van der Waals surface area (Å²) in [7, 11) is 4.07. The van der Waals surface area contributed by atoms with E-state index < -0.39 is 0 Å². The van der Waals surface area contributed by atoms with Crippen LogP contribution in [0.1, 0.15) is 31.2 Å². The van der Waals surface area contributed by atoms with Gasteiger partial charge in [-0.1, -0.05) is 66.7 Å². The maximum atomic E-state index is 4.81. The molecule has 5 nitrogen and oxygen atoms in total. The number of benzene rings is 3. The SMILES string of the molecule is CN(C)c1nc(NC2CCC(NCCc3ccc(-c4ccccc4)cc3)CC2)nc2ccccc12. The second-order valence-corrected chi connectivity index (χ2v) is 9.74. The Balaban J connectivity index is 1.09. The lowest BCUT2D eigenvalue weighted by atomic mass is 9.91. The van der Waals surface area contributed by atoms with Gasteiger partial charge in [0, 0.05) is 31.6 Å². The van der Waals surface area contributed by atoms with Crippen molar-refractivity contribution in [2.75, 3.05) is 30.9 Å². The molecule has 0 spiro atoms. The van der Waals surface area contributed by atoms with Gasteiger partial charge >= 0.3 is 0 Å². The molecule has 5 heteroatoms. The van der Waals surface area contributed by atoms with Gasteiger partial charge in [-0.15, -0.1) is 0 Å². The summed E-state index contributed by atoms with van der Waals surface area (Å²) in [6.45, 7) is 1.02. The molecule has 1 aromatic heterocycles. The van der Waals surface area contributed by atoms with Gasteiger partial charge in [0.2, 0.25) is 5.95 Å². The van der Waals surface area contributed by atoms with Crippen molar-refractivity contribution in [3.8, 4) is 11.1 Å². The smallest absolute Gasteiger partial charge is 0.225 e. The number of fused-ring (bicyclic) bond motifs is 1. The molecule has 2 N–H and O–H groups in total. The van der Waals surface area contributed by atoms with Crippen molar-refractivity contribution in [1.29, 1.82) is 0 Å². The molecule has 0 aliphatic heterocycles.